The molecule has 1 aromatic rings. The van der Waals surface area contributed by atoms with Crippen molar-refractivity contribution >= 4 is 29.0 Å². The Morgan fingerprint density at radius 1 is 1.31 bits per heavy atom. The van der Waals surface area contributed by atoms with Crippen LogP contribution in [0.25, 0.3) is 6.08 Å². The van der Waals surface area contributed by atoms with Crippen LogP contribution in [0.5, 0.6) is 0 Å². The summed E-state index contributed by atoms with van der Waals surface area (Å²) in [6.45, 7) is 0. The monoisotopic (exact) mass is 227 g/mol. The Hall–Kier alpha value is -2.12. The fourth-order valence-electron chi connectivity index (χ4n) is 1.51. The first-order valence-electron chi connectivity index (χ1n) is 4.70. The van der Waals surface area contributed by atoms with Crippen LogP contribution in [0, 0.1) is 11.3 Å². The number of benzene rings is 1. The average Bonchev–Trinajstić information content (AvgIpc) is 2.29. The molecule has 4 heteroatoms. The lowest BCUT2D eigenvalue weighted by Gasteiger charge is -2.16. The van der Waals surface area contributed by atoms with E-state index in [9.17, 15) is 0 Å². The van der Waals surface area contributed by atoms with Gasteiger partial charge in [0.05, 0.1) is 5.70 Å². The molecule has 0 saturated carbocycles. The Balaban J connectivity index is 2.48. The molecule has 0 aromatic heterocycles. The molecule has 0 amide bonds. The summed E-state index contributed by atoms with van der Waals surface area (Å²) in [4.78, 5) is 0.106. The summed E-state index contributed by atoms with van der Waals surface area (Å²) >= 11 is 4.82. The van der Waals surface area contributed by atoms with Gasteiger partial charge in [-0.3, -0.25) is 0 Å². The Labute approximate surface area is 98.9 Å². The van der Waals surface area contributed by atoms with Crippen LogP contribution in [0.4, 0.5) is 5.69 Å². The van der Waals surface area contributed by atoms with Crippen LogP contribution in [-0.4, -0.2) is 4.99 Å². The van der Waals surface area contributed by atoms with E-state index in [0.717, 1.165) is 11.3 Å². The van der Waals surface area contributed by atoms with Crippen molar-refractivity contribution in [1.82, 2.24) is 0 Å². The number of anilines is 1. The van der Waals surface area contributed by atoms with Gasteiger partial charge in [0.25, 0.3) is 0 Å². The van der Waals surface area contributed by atoms with Crippen molar-refractivity contribution in [3.63, 3.8) is 0 Å². The van der Waals surface area contributed by atoms with Gasteiger partial charge in [0.15, 0.2) is 0 Å². The van der Waals surface area contributed by atoms with E-state index >= 15 is 0 Å². The third kappa shape index (κ3) is 1.81. The molecule has 0 aliphatic carbocycles. The Kier molecular flexibility index (Phi) is 2.71. The molecule has 2 rings (SSSR count). The lowest BCUT2D eigenvalue weighted by molar-refractivity contribution is 1.40. The molecule has 0 atom stereocenters. The van der Waals surface area contributed by atoms with Crippen molar-refractivity contribution in [2.45, 2.75) is 0 Å². The summed E-state index contributed by atoms with van der Waals surface area (Å²) in [5.41, 5.74) is 8.45. The molecule has 1 aliphatic heterocycles. The SMILES string of the molecule is N#C/C(C(N)=S)=C1\C=Cc2ccccc2N1. The van der Waals surface area contributed by atoms with Gasteiger partial charge < -0.3 is 11.1 Å². The van der Waals surface area contributed by atoms with E-state index in [1.807, 2.05) is 36.4 Å². The van der Waals surface area contributed by atoms with E-state index in [4.69, 9.17) is 23.2 Å². The highest BCUT2D eigenvalue weighted by Crippen LogP contribution is 2.25. The third-order valence-electron chi connectivity index (χ3n) is 2.29. The van der Waals surface area contributed by atoms with Crippen LogP contribution in [0.15, 0.2) is 41.6 Å². The normalized spacial score (nSPS) is 15.7. The molecule has 0 fully saturated rings. The summed E-state index contributed by atoms with van der Waals surface area (Å²) in [6, 6.07) is 9.81. The Morgan fingerprint density at radius 3 is 2.75 bits per heavy atom. The summed E-state index contributed by atoms with van der Waals surface area (Å²) in [6.07, 6.45) is 3.73. The summed E-state index contributed by atoms with van der Waals surface area (Å²) in [5.74, 6) is 0. The Morgan fingerprint density at radius 2 is 2.06 bits per heavy atom. The molecule has 16 heavy (non-hydrogen) atoms. The zero-order chi connectivity index (χ0) is 11.5. The van der Waals surface area contributed by atoms with Crippen molar-refractivity contribution < 1.29 is 0 Å². The molecular formula is C12H9N3S. The van der Waals surface area contributed by atoms with Gasteiger partial charge in [0, 0.05) is 5.69 Å². The maximum Gasteiger partial charge on any atom is 0.116 e. The van der Waals surface area contributed by atoms with Crippen LogP contribution < -0.4 is 11.1 Å². The van der Waals surface area contributed by atoms with E-state index in [0.29, 0.717) is 11.3 Å². The summed E-state index contributed by atoms with van der Waals surface area (Å²) < 4.78 is 0. The largest absolute Gasteiger partial charge is 0.389 e. The number of hydrogen-bond donors (Lipinski definition) is 2. The number of fused-ring (bicyclic) bond motifs is 1. The van der Waals surface area contributed by atoms with Crippen molar-refractivity contribution in [3.05, 3.63) is 47.2 Å². The molecule has 78 valence electrons. The molecule has 1 aliphatic rings. The van der Waals surface area contributed by atoms with Gasteiger partial charge in [-0.25, -0.2) is 0 Å². The molecule has 0 saturated heterocycles. The first kappa shape index (κ1) is 10.4. The van der Waals surface area contributed by atoms with E-state index in [-0.39, 0.29) is 4.99 Å². The molecule has 3 N–H and O–H groups in total. The van der Waals surface area contributed by atoms with E-state index in [1.54, 1.807) is 6.08 Å². The molecule has 1 heterocycles. The van der Waals surface area contributed by atoms with E-state index < -0.39 is 0 Å². The number of hydrogen-bond acceptors (Lipinski definition) is 3. The first-order chi connectivity index (χ1) is 7.72. The lowest BCUT2D eigenvalue weighted by Crippen LogP contribution is -2.16. The van der Waals surface area contributed by atoms with Gasteiger partial charge in [-0.2, -0.15) is 5.26 Å². The number of para-hydroxylation sites is 1. The predicted octanol–water partition coefficient (Wildman–Crippen LogP) is 2.19. The number of thiocarbonyl (C=S) groups is 1. The quantitative estimate of drug-likeness (QED) is 0.438. The highest BCUT2D eigenvalue weighted by molar-refractivity contribution is 7.80. The van der Waals surface area contributed by atoms with E-state index in [1.165, 1.54) is 0 Å². The lowest BCUT2D eigenvalue weighted by atomic mass is 10.1. The molecule has 0 unspecified atom stereocenters. The third-order valence-corrected chi connectivity index (χ3v) is 2.49. The van der Waals surface area contributed by atoms with Gasteiger partial charge in [0.2, 0.25) is 0 Å². The molecule has 0 spiro atoms. The fraction of sp³-hybridized carbons (Fsp3) is 0. The van der Waals surface area contributed by atoms with Gasteiger partial charge in [-0.05, 0) is 17.7 Å². The molecule has 0 radical (unpaired) electrons. The van der Waals surface area contributed by atoms with Gasteiger partial charge in [-0.1, -0.05) is 36.5 Å². The van der Waals surface area contributed by atoms with Crippen LogP contribution in [0.1, 0.15) is 5.56 Å². The van der Waals surface area contributed by atoms with Crippen LogP contribution >= 0.6 is 12.2 Å². The predicted molar refractivity (Wildman–Crippen MR) is 68.5 cm³/mol. The van der Waals surface area contributed by atoms with Gasteiger partial charge in [0.1, 0.15) is 16.6 Å². The second-order valence-corrected chi connectivity index (χ2v) is 3.75. The number of nitrogens with zero attached hydrogens (tertiary/aromatic N) is 1. The number of nitriles is 1. The average molecular weight is 227 g/mol. The van der Waals surface area contributed by atoms with Crippen molar-refractivity contribution in [2.24, 2.45) is 5.73 Å². The minimum Gasteiger partial charge on any atom is -0.389 e. The van der Waals surface area contributed by atoms with Crippen molar-refractivity contribution in [3.8, 4) is 6.07 Å². The number of rotatable bonds is 1. The minimum absolute atomic E-state index is 0.106. The smallest absolute Gasteiger partial charge is 0.116 e. The Bertz CT molecular complexity index is 550. The van der Waals surface area contributed by atoms with E-state index in [2.05, 4.69) is 5.32 Å². The van der Waals surface area contributed by atoms with Crippen molar-refractivity contribution in [2.75, 3.05) is 5.32 Å². The second kappa shape index (κ2) is 4.17. The molecule has 3 nitrogen and oxygen atoms in total. The summed E-state index contributed by atoms with van der Waals surface area (Å²) in [7, 11) is 0. The topological polar surface area (TPSA) is 61.8 Å². The van der Waals surface area contributed by atoms with Crippen LogP contribution in [0.3, 0.4) is 0 Å². The molecule has 1 aromatic carbocycles. The minimum atomic E-state index is 0.106. The zero-order valence-electron chi connectivity index (χ0n) is 8.40. The first-order valence-corrected chi connectivity index (χ1v) is 5.11. The fourth-order valence-corrected chi connectivity index (χ4v) is 1.67. The maximum absolute atomic E-state index is 8.95. The standard InChI is InChI=1S/C12H9N3S/c13-7-9(12(14)16)11-6-5-8-3-1-2-4-10(8)15-11/h1-6,15H,(H2,14,16)/b11-9-. The molecular weight excluding hydrogens is 218 g/mol. The second-order valence-electron chi connectivity index (χ2n) is 3.31. The van der Waals surface area contributed by atoms with Gasteiger partial charge >= 0.3 is 0 Å². The maximum atomic E-state index is 8.95. The van der Waals surface area contributed by atoms with Crippen LogP contribution in [-0.2, 0) is 0 Å². The van der Waals surface area contributed by atoms with Crippen LogP contribution in [0.2, 0.25) is 0 Å². The number of nitrogens with one attached hydrogen (secondary N) is 1. The van der Waals surface area contributed by atoms with Crippen molar-refractivity contribution in [1.29, 1.82) is 5.26 Å². The number of allylic oxidation sites excluding steroid dienone is 1. The number of nitrogens with two attached hydrogens (primary N) is 1. The molecule has 0 bridgehead atoms. The zero-order valence-corrected chi connectivity index (χ0v) is 9.21. The highest BCUT2D eigenvalue weighted by Gasteiger charge is 2.12. The summed E-state index contributed by atoms with van der Waals surface area (Å²) in [5, 5.41) is 12.1. The highest BCUT2D eigenvalue weighted by atomic mass is 32.1. The van der Waals surface area contributed by atoms with Gasteiger partial charge in [-0.15, -0.1) is 0 Å².